The molecule has 60 heavy (non-hydrogen) atoms. The molecular formula is C50H52N2O8. The van der Waals surface area contributed by atoms with Crippen LogP contribution in [0.15, 0.2) is 131 Å². The maximum Gasteiger partial charge on any atom is 0.343 e. The molecule has 5 aromatic carbocycles. The molecule has 5 rings (SSSR count). The fourth-order valence-electron chi connectivity index (χ4n) is 5.92. The van der Waals surface area contributed by atoms with E-state index in [-0.39, 0.29) is 23.1 Å². The summed E-state index contributed by atoms with van der Waals surface area (Å²) in [4.78, 5) is 59.6. The highest BCUT2D eigenvalue weighted by molar-refractivity contribution is 5.97. The van der Waals surface area contributed by atoms with E-state index in [9.17, 15) is 19.2 Å². The molecule has 0 heterocycles. The van der Waals surface area contributed by atoms with Gasteiger partial charge in [-0.1, -0.05) is 95.5 Å². The summed E-state index contributed by atoms with van der Waals surface area (Å²) in [7, 11) is 0. The topological polar surface area (TPSA) is 130 Å². The summed E-state index contributed by atoms with van der Waals surface area (Å²) in [5.74, 6) is -1.32. The van der Waals surface area contributed by atoms with E-state index < -0.39 is 11.9 Å². The molecule has 0 radical (unpaired) electrons. The minimum Gasteiger partial charge on any atom is -0.462 e. The largest absolute Gasteiger partial charge is 0.462 e. The lowest BCUT2D eigenvalue weighted by Crippen LogP contribution is -2.12. The Hall–Kier alpha value is -6.68. The van der Waals surface area contributed by atoms with Crippen LogP contribution >= 0.6 is 0 Å². The van der Waals surface area contributed by atoms with Gasteiger partial charge in [0.2, 0.25) is 0 Å². The van der Waals surface area contributed by atoms with Crippen molar-refractivity contribution in [2.45, 2.75) is 78.1 Å². The number of unbranched alkanes of at least 4 members (excludes halogenated alkanes) is 8. The Labute approximate surface area is 352 Å². The van der Waals surface area contributed by atoms with Gasteiger partial charge >= 0.3 is 23.9 Å². The quantitative estimate of drug-likeness (QED) is 0.0292. The van der Waals surface area contributed by atoms with Crippen LogP contribution in [0, 0.1) is 0 Å². The van der Waals surface area contributed by atoms with E-state index in [4.69, 9.17) is 18.9 Å². The summed E-state index contributed by atoms with van der Waals surface area (Å²) in [6, 6.07) is 33.5. The molecule has 0 saturated heterocycles. The Morgan fingerprint density at radius 2 is 0.817 bits per heavy atom. The van der Waals surface area contributed by atoms with E-state index in [0.29, 0.717) is 47.2 Å². The molecule has 0 atom stereocenters. The highest BCUT2D eigenvalue weighted by Crippen LogP contribution is 2.22. The third-order valence-corrected chi connectivity index (χ3v) is 9.41. The molecular weight excluding hydrogens is 757 g/mol. The zero-order valence-electron chi connectivity index (χ0n) is 34.3. The number of rotatable bonds is 22. The van der Waals surface area contributed by atoms with Crippen molar-refractivity contribution in [1.29, 1.82) is 0 Å². The second-order valence-corrected chi connectivity index (χ2v) is 14.2. The average Bonchev–Trinajstić information content (AvgIpc) is 3.28. The van der Waals surface area contributed by atoms with Crippen LogP contribution in [0.4, 0.5) is 11.4 Å². The lowest BCUT2D eigenvalue weighted by Gasteiger charge is -2.07. The first-order valence-corrected chi connectivity index (χ1v) is 20.7. The van der Waals surface area contributed by atoms with E-state index in [2.05, 4.69) is 23.8 Å². The van der Waals surface area contributed by atoms with Crippen LogP contribution in [-0.2, 0) is 9.47 Å². The minimum absolute atomic E-state index is 0.179. The number of hydrogen-bond acceptors (Lipinski definition) is 10. The molecule has 0 aliphatic rings. The van der Waals surface area contributed by atoms with Crippen LogP contribution in [0.25, 0.3) is 0 Å². The number of esters is 4. The summed E-state index contributed by atoms with van der Waals surface area (Å²) >= 11 is 0. The van der Waals surface area contributed by atoms with Crippen LogP contribution in [0.1, 0.15) is 131 Å². The molecule has 10 nitrogen and oxygen atoms in total. The Balaban J connectivity index is 1.05. The van der Waals surface area contributed by atoms with Gasteiger partial charge in [-0.05, 0) is 115 Å². The van der Waals surface area contributed by atoms with Crippen LogP contribution in [0.2, 0.25) is 0 Å². The first kappa shape index (κ1) is 44.4. The second-order valence-electron chi connectivity index (χ2n) is 14.2. The predicted molar refractivity (Wildman–Crippen MR) is 235 cm³/mol. The molecule has 0 amide bonds. The van der Waals surface area contributed by atoms with E-state index in [1.54, 1.807) is 128 Å². The molecule has 0 aliphatic carbocycles. The summed E-state index contributed by atoms with van der Waals surface area (Å²) in [5, 5.41) is 0. The first-order valence-electron chi connectivity index (χ1n) is 20.7. The summed E-state index contributed by atoms with van der Waals surface area (Å²) in [6.45, 7) is 5.18. The van der Waals surface area contributed by atoms with Crippen molar-refractivity contribution < 1.29 is 38.1 Å². The summed E-state index contributed by atoms with van der Waals surface area (Å²) in [5.41, 5.74) is 4.24. The van der Waals surface area contributed by atoms with Crippen molar-refractivity contribution in [2.75, 3.05) is 13.2 Å². The lowest BCUT2D eigenvalue weighted by atomic mass is 10.1. The van der Waals surface area contributed by atoms with Crippen LogP contribution in [0.5, 0.6) is 11.5 Å². The summed E-state index contributed by atoms with van der Waals surface area (Å²) < 4.78 is 21.9. The van der Waals surface area contributed by atoms with Crippen molar-refractivity contribution in [3.8, 4) is 11.5 Å². The highest BCUT2D eigenvalue weighted by atomic mass is 16.5. The van der Waals surface area contributed by atoms with Crippen molar-refractivity contribution in [2.24, 2.45) is 9.98 Å². The number of nitrogens with zero attached hydrogens (tertiary/aromatic N) is 2. The van der Waals surface area contributed by atoms with Crippen LogP contribution < -0.4 is 9.47 Å². The van der Waals surface area contributed by atoms with Crippen LogP contribution in [0.3, 0.4) is 0 Å². The van der Waals surface area contributed by atoms with E-state index in [1.165, 1.54) is 31.7 Å². The molecule has 310 valence electrons. The second kappa shape index (κ2) is 24.3. The van der Waals surface area contributed by atoms with Crippen molar-refractivity contribution >= 4 is 47.7 Å². The standard InChI is InChI=1S/C50H52N2O8/c1-3-5-7-9-11-32-57-47(53)39-20-16-37(17-21-39)35-51-43-24-28-45(29-25-43)59-49(55)41-14-13-15-42(34-41)50(56)60-46-30-26-44(27-31-46)52-36-38-18-22-40(23-19-38)48(54)58-33-12-10-8-6-4-2/h13-31,34-36H,3-12,32-33H2,1-2H3. The van der Waals surface area contributed by atoms with Gasteiger partial charge < -0.3 is 18.9 Å². The third kappa shape index (κ3) is 14.9. The molecule has 0 aliphatic heterocycles. The maximum absolute atomic E-state index is 13.0. The molecule has 0 saturated carbocycles. The monoisotopic (exact) mass is 808 g/mol. The zero-order valence-corrected chi connectivity index (χ0v) is 34.3. The highest BCUT2D eigenvalue weighted by Gasteiger charge is 2.15. The van der Waals surface area contributed by atoms with Gasteiger partial charge in [0.05, 0.1) is 46.8 Å². The Morgan fingerprint density at radius 3 is 1.20 bits per heavy atom. The van der Waals surface area contributed by atoms with Gasteiger partial charge in [0.1, 0.15) is 11.5 Å². The molecule has 0 N–H and O–H groups in total. The van der Waals surface area contributed by atoms with Gasteiger partial charge in [-0.15, -0.1) is 0 Å². The zero-order chi connectivity index (χ0) is 42.4. The molecule has 0 spiro atoms. The summed E-state index contributed by atoms with van der Waals surface area (Å²) in [6.07, 6.45) is 14.3. The first-order chi connectivity index (χ1) is 29.3. The SMILES string of the molecule is CCCCCCCOC(=O)c1ccc(C=Nc2ccc(OC(=O)c3cccc(C(=O)Oc4ccc(N=Cc5ccc(C(=O)OCCCCCCC)cc5)cc4)c3)cc2)cc1. The Kier molecular flexibility index (Phi) is 18.0. The number of benzene rings is 5. The maximum atomic E-state index is 13.0. The van der Waals surface area contributed by atoms with Gasteiger partial charge in [-0.2, -0.15) is 0 Å². The fourth-order valence-corrected chi connectivity index (χ4v) is 5.92. The lowest BCUT2D eigenvalue weighted by molar-refractivity contribution is 0.0488. The normalized spacial score (nSPS) is 11.1. The molecule has 0 unspecified atom stereocenters. The van der Waals surface area contributed by atoms with Crippen molar-refractivity contribution in [3.63, 3.8) is 0 Å². The molecule has 5 aromatic rings. The molecule has 0 aromatic heterocycles. The Bertz CT molecular complexity index is 2040. The van der Waals surface area contributed by atoms with E-state index in [0.717, 1.165) is 49.7 Å². The van der Waals surface area contributed by atoms with Crippen LogP contribution in [-0.4, -0.2) is 49.5 Å². The predicted octanol–water partition coefficient (Wildman–Crippen LogP) is 11.9. The van der Waals surface area contributed by atoms with Crippen molar-refractivity contribution in [1.82, 2.24) is 0 Å². The fraction of sp³-hybridized carbons (Fsp3) is 0.280. The Morgan fingerprint density at radius 1 is 0.433 bits per heavy atom. The number of aliphatic imine (C=N–C) groups is 2. The molecule has 0 bridgehead atoms. The third-order valence-electron chi connectivity index (χ3n) is 9.41. The van der Waals surface area contributed by atoms with Gasteiger partial charge in [-0.3, -0.25) is 9.98 Å². The number of carbonyl (C=O) groups excluding carboxylic acids is 4. The van der Waals surface area contributed by atoms with Gasteiger partial charge in [0, 0.05) is 12.4 Å². The van der Waals surface area contributed by atoms with Gasteiger partial charge in [-0.25, -0.2) is 19.2 Å². The minimum atomic E-state index is -0.638. The number of hydrogen-bond donors (Lipinski definition) is 0. The van der Waals surface area contributed by atoms with Gasteiger partial charge in [0.25, 0.3) is 0 Å². The van der Waals surface area contributed by atoms with Crippen molar-refractivity contribution in [3.05, 3.63) is 155 Å². The van der Waals surface area contributed by atoms with E-state index >= 15 is 0 Å². The number of ether oxygens (including phenoxy) is 4. The van der Waals surface area contributed by atoms with Gasteiger partial charge in [0.15, 0.2) is 0 Å². The number of carbonyl (C=O) groups is 4. The van der Waals surface area contributed by atoms with E-state index in [1.807, 2.05) is 0 Å². The average molecular weight is 809 g/mol. The molecule has 10 heteroatoms. The molecule has 0 fully saturated rings. The smallest absolute Gasteiger partial charge is 0.343 e.